The Bertz CT molecular complexity index is 801. The molecule has 1 aliphatic carbocycles. The van der Waals surface area contributed by atoms with Crippen molar-refractivity contribution < 1.29 is 19.0 Å². The molecule has 4 rings (SSSR count). The van der Waals surface area contributed by atoms with Gasteiger partial charge >= 0.3 is 0 Å². The van der Waals surface area contributed by atoms with E-state index in [0.717, 1.165) is 38.6 Å². The highest BCUT2D eigenvalue weighted by Gasteiger charge is 2.27. The molecule has 3 heterocycles. The van der Waals surface area contributed by atoms with Crippen molar-refractivity contribution in [2.45, 2.75) is 50.8 Å². The Balaban J connectivity index is 1.30. The lowest BCUT2D eigenvalue weighted by atomic mass is 9.93. The highest BCUT2D eigenvalue weighted by molar-refractivity contribution is 5.96. The van der Waals surface area contributed by atoms with E-state index >= 15 is 0 Å². The van der Waals surface area contributed by atoms with Crippen LogP contribution in [0.5, 0.6) is 17.6 Å². The third kappa shape index (κ3) is 3.81. The van der Waals surface area contributed by atoms with Crippen LogP contribution in [0.2, 0.25) is 0 Å². The second-order valence-corrected chi connectivity index (χ2v) is 6.72. The maximum Gasteiger partial charge on any atom is 0.278 e. The molecule has 0 saturated heterocycles. The van der Waals surface area contributed by atoms with Gasteiger partial charge in [-0.05, 0) is 25.7 Å². The van der Waals surface area contributed by atoms with Gasteiger partial charge in [0.25, 0.3) is 17.7 Å². The standard InChI is InChI=1S/C18H23N5O4/c1-25-16-17(20-8-7-19-16)27-13-5-3-12(4-6-13)22-15(24)14-11-21-23-9-2-10-26-18(14)23/h7-8,11-13H,2-6,9-10H2,1H3,(H,22,24). The van der Waals surface area contributed by atoms with E-state index in [2.05, 4.69) is 20.4 Å². The van der Waals surface area contributed by atoms with Gasteiger partial charge in [-0.25, -0.2) is 14.6 Å². The summed E-state index contributed by atoms with van der Waals surface area (Å²) in [5, 5.41) is 7.33. The summed E-state index contributed by atoms with van der Waals surface area (Å²) in [5.74, 6) is 1.25. The van der Waals surface area contributed by atoms with Crippen LogP contribution in [0.4, 0.5) is 0 Å². The molecule has 1 saturated carbocycles. The van der Waals surface area contributed by atoms with E-state index in [4.69, 9.17) is 14.2 Å². The number of methoxy groups -OCH3 is 1. The van der Waals surface area contributed by atoms with E-state index in [1.165, 1.54) is 0 Å². The summed E-state index contributed by atoms with van der Waals surface area (Å²) >= 11 is 0. The highest BCUT2D eigenvalue weighted by Crippen LogP contribution is 2.28. The average molecular weight is 373 g/mol. The van der Waals surface area contributed by atoms with Gasteiger partial charge in [0.15, 0.2) is 0 Å². The van der Waals surface area contributed by atoms with Crippen LogP contribution in [-0.4, -0.2) is 51.5 Å². The van der Waals surface area contributed by atoms with Crippen molar-refractivity contribution in [3.8, 4) is 17.6 Å². The van der Waals surface area contributed by atoms with Crippen molar-refractivity contribution in [3.63, 3.8) is 0 Å². The molecule has 2 aromatic rings. The number of nitrogens with zero attached hydrogens (tertiary/aromatic N) is 4. The van der Waals surface area contributed by atoms with Crippen molar-refractivity contribution in [2.24, 2.45) is 0 Å². The van der Waals surface area contributed by atoms with Gasteiger partial charge < -0.3 is 19.5 Å². The van der Waals surface area contributed by atoms with Gasteiger partial charge in [-0.2, -0.15) is 5.10 Å². The number of hydrogen-bond acceptors (Lipinski definition) is 7. The number of hydrogen-bond donors (Lipinski definition) is 1. The first-order valence-electron chi connectivity index (χ1n) is 9.25. The fraction of sp³-hybridized carbons (Fsp3) is 0.556. The Kier molecular flexibility index (Phi) is 5.08. The monoisotopic (exact) mass is 373 g/mol. The number of nitrogens with one attached hydrogen (secondary N) is 1. The van der Waals surface area contributed by atoms with Gasteiger partial charge in [0.2, 0.25) is 5.88 Å². The molecule has 0 radical (unpaired) electrons. The van der Waals surface area contributed by atoms with Crippen molar-refractivity contribution in [1.29, 1.82) is 0 Å². The Morgan fingerprint density at radius 3 is 2.78 bits per heavy atom. The van der Waals surface area contributed by atoms with Crippen LogP contribution in [0, 0.1) is 0 Å². The lowest BCUT2D eigenvalue weighted by Crippen LogP contribution is -2.40. The molecule has 27 heavy (non-hydrogen) atoms. The quantitative estimate of drug-likeness (QED) is 0.849. The van der Waals surface area contributed by atoms with Crippen molar-refractivity contribution in [1.82, 2.24) is 25.1 Å². The zero-order valence-corrected chi connectivity index (χ0v) is 15.3. The second kappa shape index (κ2) is 7.81. The largest absolute Gasteiger partial charge is 0.477 e. The summed E-state index contributed by atoms with van der Waals surface area (Å²) < 4.78 is 18.5. The Morgan fingerprint density at radius 2 is 2.00 bits per heavy atom. The summed E-state index contributed by atoms with van der Waals surface area (Å²) in [6.45, 7) is 1.41. The number of fused-ring (bicyclic) bond motifs is 1. The normalized spacial score (nSPS) is 21.7. The minimum atomic E-state index is -0.127. The predicted octanol–water partition coefficient (Wildman–Crippen LogP) is 1.58. The van der Waals surface area contributed by atoms with Crippen LogP contribution in [0.1, 0.15) is 42.5 Å². The van der Waals surface area contributed by atoms with E-state index in [1.807, 2.05) is 0 Å². The van der Waals surface area contributed by atoms with Crippen LogP contribution in [0.25, 0.3) is 0 Å². The molecule has 9 heteroatoms. The fourth-order valence-corrected chi connectivity index (χ4v) is 3.50. The molecule has 1 amide bonds. The van der Waals surface area contributed by atoms with Crippen LogP contribution in [0.15, 0.2) is 18.6 Å². The number of rotatable bonds is 5. The summed E-state index contributed by atoms with van der Waals surface area (Å²) in [7, 11) is 1.54. The minimum Gasteiger partial charge on any atom is -0.477 e. The molecule has 1 N–H and O–H groups in total. The topological polar surface area (TPSA) is 100 Å². The molecule has 1 fully saturated rings. The molecule has 0 atom stereocenters. The summed E-state index contributed by atoms with van der Waals surface area (Å²) in [5.41, 5.74) is 0.511. The van der Waals surface area contributed by atoms with Crippen LogP contribution in [-0.2, 0) is 6.54 Å². The molecule has 0 unspecified atom stereocenters. The van der Waals surface area contributed by atoms with Gasteiger partial charge in [-0.1, -0.05) is 0 Å². The molecule has 2 aliphatic rings. The Morgan fingerprint density at radius 1 is 1.22 bits per heavy atom. The number of carbonyl (C=O) groups is 1. The van der Waals surface area contributed by atoms with E-state index in [9.17, 15) is 4.79 Å². The average Bonchev–Trinajstić information content (AvgIpc) is 3.14. The molecule has 0 aromatic carbocycles. The van der Waals surface area contributed by atoms with Crippen molar-refractivity contribution >= 4 is 5.91 Å². The lowest BCUT2D eigenvalue weighted by Gasteiger charge is -2.29. The van der Waals surface area contributed by atoms with Gasteiger partial charge in [-0.15, -0.1) is 0 Å². The number of aromatic nitrogens is 4. The third-order valence-electron chi connectivity index (χ3n) is 4.90. The van der Waals surface area contributed by atoms with E-state index in [-0.39, 0.29) is 18.1 Å². The predicted molar refractivity (Wildman–Crippen MR) is 95.1 cm³/mol. The number of carbonyl (C=O) groups excluding carboxylic acids is 1. The van der Waals surface area contributed by atoms with Crippen LogP contribution < -0.4 is 19.5 Å². The number of ether oxygens (including phenoxy) is 3. The maximum atomic E-state index is 12.6. The number of amides is 1. The maximum absolute atomic E-state index is 12.6. The molecule has 144 valence electrons. The summed E-state index contributed by atoms with van der Waals surface area (Å²) in [4.78, 5) is 20.9. The first kappa shape index (κ1) is 17.6. The molecule has 1 aliphatic heterocycles. The molecule has 9 nitrogen and oxygen atoms in total. The molecule has 2 aromatic heterocycles. The fourth-order valence-electron chi connectivity index (χ4n) is 3.50. The van der Waals surface area contributed by atoms with E-state index in [1.54, 1.807) is 30.4 Å². The van der Waals surface area contributed by atoms with Gasteiger partial charge in [0, 0.05) is 31.4 Å². The molecular weight excluding hydrogens is 350 g/mol. The van der Waals surface area contributed by atoms with Gasteiger partial charge in [0.1, 0.15) is 11.7 Å². The van der Waals surface area contributed by atoms with Crippen LogP contribution >= 0.6 is 0 Å². The Hall–Kier alpha value is -2.84. The smallest absolute Gasteiger partial charge is 0.278 e. The summed E-state index contributed by atoms with van der Waals surface area (Å²) in [6.07, 6.45) is 9.01. The molecule has 0 spiro atoms. The van der Waals surface area contributed by atoms with Crippen LogP contribution in [0.3, 0.4) is 0 Å². The zero-order valence-electron chi connectivity index (χ0n) is 15.3. The minimum absolute atomic E-state index is 0.0380. The van der Waals surface area contributed by atoms with E-state index in [0.29, 0.717) is 29.8 Å². The second-order valence-electron chi connectivity index (χ2n) is 6.72. The number of aryl methyl sites for hydroxylation is 1. The SMILES string of the molecule is COc1nccnc1OC1CCC(NC(=O)c2cnn3c2OCCC3)CC1. The summed E-state index contributed by atoms with van der Waals surface area (Å²) in [6, 6.07) is 0.111. The Labute approximate surface area is 157 Å². The lowest BCUT2D eigenvalue weighted by molar-refractivity contribution is 0.0880. The zero-order chi connectivity index (χ0) is 18.6. The first-order valence-corrected chi connectivity index (χ1v) is 9.25. The highest BCUT2D eigenvalue weighted by atomic mass is 16.5. The van der Waals surface area contributed by atoms with Gasteiger partial charge in [0.05, 0.1) is 19.9 Å². The van der Waals surface area contributed by atoms with Crippen molar-refractivity contribution in [2.75, 3.05) is 13.7 Å². The molecule has 0 bridgehead atoms. The van der Waals surface area contributed by atoms with Gasteiger partial charge in [-0.3, -0.25) is 4.79 Å². The third-order valence-corrected chi connectivity index (χ3v) is 4.90. The van der Waals surface area contributed by atoms with E-state index < -0.39 is 0 Å². The molecular formula is C18H23N5O4. The van der Waals surface area contributed by atoms with Crippen molar-refractivity contribution in [3.05, 3.63) is 24.2 Å². The first-order chi connectivity index (χ1) is 13.2.